The zero-order valence-corrected chi connectivity index (χ0v) is 33.3. The van der Waals surface area contributed by atoms with Gasteiger partial charge >= 0.3 is 5.97 Å². The minimum Gasteiger partial charge on any atom is -0.462 e. The van der Waals surface area contributed by atoms with E-state index in [-0.39, 0.29) is 109 Å². The highest BCUT2D eigenvalue weighted by Crippen LogP contribution is 2.63. The topological polar surface area (TPSA) is 124 Å². The molecule has 7 rings (SSSR count). The molecule has 0 aromatic heterocycles. The van der Waals surface area contributed by atoms with Gasteiger partial charge in [0.05, 0.1) is 43.0 Å². The highest BCUT2D eigenvalue weighted by Gasteiger charge is 2.66. The van der Waals surface area contributed by atoms with E-state index in [9.17, 15) is 9.59 Å². The maximum atomic E-state index is 14.8. The predicted molar refractivity (Wildman–Crippen MR) is 194 cm³/mol. The molecule has 0 aromatic rings. The van der Waals surface area contributed by atoms with Crippen LogP contribution in [-0.4, -0.2) is 132 Å². The number of rotatable bonds is 9. The molecule has 4 saturated heterocycles. The first-order chi connectivity index (χ1) is 25.5. The average Bonchev–Trinajstić information content (AvgIpc) is 3.67. The number of hydrogen-bond donors (Lipinski definition) is 0. The molecule has 0 radical (unpaired) electrons. The van der Waals surface area contributed by atoms with Crippen LogP contribution in [0.1, 0.15) is 85.5 Å². The van der Waals surface area contributed by atoms with E-state index in [0.717, 1.165) is 50.5 Å². The van der Waals surface area contributed by atoms with Crippen LogP contribution in [0.15, 0.2) is 11.6 Å². The zero-order chi connectivity index (χ0) is 37.7. The Morgan fingerprint density at radius 1 is 0.811 bits per heavy atom. The van der Waals surface area contributed by atoms with Gasteiger partial charge in [-0.3, -0.25) is 9.59 Å². The third-order valence-corrected chi connectivity index (χ3v) is 14.0. The molecule has 300 valence electrons. The number of methoxy groups -OCH3 is 3. The summed E-state index contributed by atoms with van der Waals surface area (Å²) in [6.45, 7) is 8.17. The van der Waals surface area contributed by atoms with Gasteiger partial charge in [0.15, 0.2) is 18.4 Å². The van der Waals surface area contributed by atoms with Crippen molar-refractivity contribution in [1.29, 1.82) is 0 Å². The average molecular weight is 748 g/mol. The monoisotopic (exact) mass is 747 g/mol. The Bertz CT molecular complexity index is 1330. The molecule has 6 fully saturated rings. The summed E-state index contributed by atoms with van der Waals surface area (Å²) in [5.41, 5.74) is 0.758. The number of Topliss-reactive ketones (excluding diaryl/α,β-unsaturated/α-hetero) is 1. The number of likely N-dealkylation sites (N-methyl/N-ethyl adjacent to an activating group) is 1. The summed E-state index contributed by atoms with van der Waals surface area (Å²) in [5, 5.41) is 0. The Hall–Kier alpha value is -1.48. The SMILES string of the molecule is CC[C@H]1CCCC(O[C@H]2CC[C@H](N(C)C)[C@@H](C)O2)[C@@H](C)C(=O)C2=C[C@H]3[C@@H]4C[C@H](O[C@@H]5O[C@@H](C)[C@H](OC)[C@@H](OC)[C@H]5OC)C[C@H]4[C@H]4O[C@H]4[C@H]3[C@@H]2CC(=O)O1. The van der Waals surface area contributed by atoms with Gasteiger partial charge in [-0.15, -0.1) is 0 Å². The first kappa shape index (κ1) is 39.7. The van der Waals surface area contributed by atoms with Crippen LogP contribution in [0.5, 0.6) is 0 Å². The lowest BCUT2D eigenvalue weighted by molar-refractivity contribution is -0.314. The normalized spacial score (nSPS) is 48.8. The number of carbonyl (C=O) groups excluding carboxylic acids is 2. The Labute approximate surface area is 316 Å². The molecule has 0 N–H and O–H groups in total. The molecule has 0 bridgehead atoms. The molecule has 19 atom stereocenters. The van der Waals surface area contributed by atoms with Crippen LogP contribution in [-0.2, 0) is 52.2 Å². The first-order valence-electron chi connectivity index (χ1n) is 20.4. The van der Waals surface area contributed by atoms with Gasteiger partial charge in [0, 0.05) is 45.1 Å². The second-order valence-electron chi connectivity index (χ2n) is 17.2. The van der Waals surface area contributed by atoms with Crippen LogP contribution in [0.25, 0.3) is 0 Å². The molecule has 53 heavy (non-hydrogen) atoms. The number of carbonyl (C=O) groups is 2. The summed E-state index contributed by atoms with van der Waals surface area (Å²) in [6.07, 6.45) is 6.20. The summed E-state index contributed by atoms with van der Waals surface area (Å²) in [7, 11) is 9.15. The van der Waals surface area contributed by atoms with Crippen LogP contribution < -0.4 is 0 Å². The maximum Gasteiger partial charge on any atom is 0.306 e. The van der Waals surface area contributed by atoms with Crippen molar-refractivity contribution in [1.82, 2.24) is 4.90 Å². The Morgan fingerprint density at radius 2 is 1.55 bits per heavy atom. The molecule has 1 unspecified atom stereocenters. The summed E-state index contributed by atoms with van der Waals surface area (Å²) >= 11 is 0. The molecule has 4 heterocycles. The van der Waals surface area contributed by atoms with Crippen molar-refractivity contribution in [3.63, 3.8) is 0 Å². The van der Waals surface area contributed by atoms with Crippen LogP contribution in [0.2, 0.25) is 0 Å². The molecule has 0 amide bonds. The van der Waals surface area contributed by atoms with E-state index in [4.69, 9.17) is 42.6 Å². The second kappa shape index (κ2) is 16.5. The van der Waals surface area contributed by atoms with Gasteiger partial charge in [0.25, 0.3) is 0 Å². The van der Waals surface area contributed by atoms with E-state index >= 15 is 0 Å². The van der Waals surface area contributed by atoms with E-state index in [1.165, 1.54) is 0 Å². The van der Waals surface area contributed by atoms with Gasteiger partial charge in [-0.25, -0.2) is 0 Å². The summed E-state index contributed by atoms with van der Waals surface area (Å²) in [6, 6.07) is 0.335. The van der Waals surface area contributed by atoms with Crippen molar-refractivity contribution in [3.05, 3.63) is 11.6 Å². The van der Waals surface area contributed by atoms with Gasteiger partial charge in [0.2, 0.25) is 0 Å². The molecule has 0 aromatic carbocycles. The lowest BCUT2D eigenvalue weighted by Gasteiger charge is -2.44. The zero-order valence-electron chi connectivity index (χ0n) is 33.3. The van der Waals surface area contributed by atoms with Crippen molar-refractivity contribution in [2.24, 2.45) is 35.5 Å². The molecule has 2 saturated carbocycles. The highest BCUT2D eigenvalue weighted by atomic mass is 16.7. The molecule has 12 heteroatoms. The molecule has 7 aliphatic rings. The Kier molecular flexibility index (Phi) is 12.4. The van der Waals surface area contributed by atoms with Crippen LogP contribution in [0.3, 0.4) is 0 Å². The van der Waals surface area contributed by atoms with E-state index in [0.29, 0.717) is 18.4 Å². The smallest absolute Gasteiger partial charge is 0.306 e. The third kappa shape index (κ3) is 7.80. The number of epoxide rings is 1. The quantitative estimate of drug-likeness (QED) is 0.240. The number of hydrogen-bond acceptors (Lipinski definition) is 12. The van der Waals surface area contributed by atoms with Gasteiger partial charge in [0.1, 0.15) is 24.4 Å². The van der Waals surface area contributed by atoms with Crippen LogP contribution >= 0.6 is 0 Å². The van der Waals surface area contributed by atoms with E-state index in [2.05, 4.69) is 38.9 Å². The van der Waals surface area contributed by atoms with E-state index in [1.54, 1.807) is 21.3 Å². The minimum absolute atomic E-state index is 0.0105. The minimum atomic E-state index is -0.606. The van der Waals surface area contributed by atoms with E-state index in [1.807, 2.05) is 13.8 Å². The summed E-state index contributed by atoms with van der Waals surface area (Å²) < 4.78 is 56.2. The second-order valence-corrected chi connectivity index (χ2v) is 17.2. The number of ketones is 1. The fourth-order valence-corrected chi connectivity index (χ4v) is 11.3. The number of esters is 1. The number of cyclic esters (lactones) is 1. The number of ether oxygens (including phenoxy) is 9. The van der Waals surface area contributed by atoms with Gasteiger partial charge in [-0.1, -0.05) is 19.9 Å². The van der Waals surface area contributed by atoms with Crippen molar-refractivity contribution in [2.75, 3.05) is 35.4 Å². The molecular formula is C41H65NO11. The van der Waals surface area contributed by atoms with Crippen LogP contribution in [0.4, 0.5) is 0 Å². The summed E-state index contributed by atoms with van der Waals surface area (Å²) in [5.74, 6) is -0.0628. The lowest BCUT2D eigenvalue weighted by atomic mass is 9.66. The van der Waals surface area contributed by atoms with Crippen molar-refractivity contribution in [3.8, 4) is 0 Å². The predicted octanol–water partition coefficient (Wildman–Crippen LogP) is 4.70. The highest BCUT2D eigenvalue weighted by molar-refractivity contribution is 5.99. The number of nitrogens with zero attached hydrogens (tertiary/aromatic N) is 1. The summed E-state index contributed by atoms with van der Waals surface area (Å²) in [4.78, 5) is 30.6. The van der Waals surface area contributed by atoms with Crippen molar-refractivity contribution in [2.45, 2.75) is 165 Å². The molecule has 3 aliphatic carbocycles. The Balaban J connectivity index is 1.11. The number of allylic oxidation sites excluding steroid dienone is 2. The Morgan fingerprint density at radius 3 is 2.23 bits per heavy atom. The van der Waals surface area contributed by atoms with Crippen molar-refractivity contribution >= 4 is 11.8 Å². The van der Waals surface area contributed by atoms with Gasteiger partial charge < -0.3 is 47.5 Å². The van der Waals surface area contributed by atoms with Gasteiger partial charge in [-0.05, 0) is 103 Å². The fraction of sp³-hybridized carbons (Fsp3) is 0.902. The number of fused-ring (bicyclic) bond motifs is 8. The largest absolute Gasteiger partial charge is 0.462 e. The standard InChI is InChI=1S/C41H65NO11/c1-10-23-12-11-13-31(52-33-15-14-30(42(5)6)21(3)48-33)20(2)35(44)28-18-26-25-16-24(51-41-40(47-9)39(46-8)36(45-7)22(4)49-41)17-29(25)37-38(53-37)34(26)27(28)19-32(43)50-23/h18,20-27,29-31,33-34,36-41H,10-17,19H2,1-9H3/t20-,21-,22+,23+,24+,25+,26+,27-,29-,30+,31?,33+,34-,36+,37-,38+,39-,40-,41+/m1/s1. The maximum absolute atomic E-state index is 14.8. The molecule has 12 nitrogen and oxygen atoms in total. The molecule has 4 aliphatic heterocycles. The van der Waals surface area contributed by atoms with Crippen LogP contribution in [0, 0.1) is 35.5 Å². The molecular weight excluding hydrogens is 682 g/mol. The van der Waals surface area contributed by atoms with Crippen molar-refractivity contribution < 1.29 is 52.2 Å². The lowest BCUT2D eigenvalue weighted by Crippen LogP contribution is -2.59. The van der Waals surface area contributed by atoms with E-state index < -0.39 is 12.4 Å². The third-order valence-electron chi connectivity index (χ3n) is 14.0. The fourth-order valence-electron chi connectivity index (χ4n) is 11.3. The van der Waals surface area contributed by atoms with Gasteiger partial charge in [-0.2, -0.15) is 0 Å². The molecule has 0 spiro atoms. The first-order valence-corrected chi connectivity index (χ1v) is 20.4.